The first-order valence-corrected chi connectivity index (χ1v) is 9.19. The first kappa shape index (κ1) is 16.4. The number of nitrogens with one attached hydrogen (secondary N) is 2. The molecule has 130 valence electrons. The van der Waals surface area contributed by atoms with Crippen LogP contribution in [-0.4, -0.2) is 34.1 Å². The largest absolute Gasteiger partial charge is 0.461 e. The Bertz CT molecular complexity index is 872. The van der Waals surface area contributed by atoms with Crippen LogP contribution in [0.25, 0.3) is 11.0 Å². The molecule has 0 bridgehead atoms. The van der Waals surface area contributed by atoms with Crippen molar-refractivity contribution in [1.82, 2.24) is 15.3 Å². The van der Waals surface area contributed by atoms with E-state index in [9.17, 15) is 9.18 Å². The van der Waals surface area contributed by atoms with Crippen molar-refractivity contribution in [2.75, 3.05) is 13.1 Å². The fourth-order valence-corrected chi connectivity index (χ4v) is 4.40. The van der Waals surface area contributed by atoms with Gasteiger partial charge in [0, 0.05) is 0 Å². The zero-order valence-electron chi connectivity index (χ0n) is 13.5. The fraction of sp³-hybridized carbons (Fsp3) is 0.333. The lowest BCUT2D eigenvalue weighted by atomic mass is 9.93. The number of piperidine rings is 1. The third-order valence-electron chi connectivity index (χ3n) is 4.45. The molecule has 0 amide bonds. The zero-order chi connectivity index (χ0) is 17.2. The van der Waals surface area contributed by atoms with E-state index in [4.69, 9.17) is 4.42 Å². The van der Waals surface area contributed by atoms with Gasteiger partial charge in [0.25, 0.3) is 0 Å². The molecule has 3 aromatic rings. The molecule has 4 rings (SSSR count). The van der Waals surface area contributed by atoms with Crippen LogP contribution in [0.1, 0.15) is 23.4 Å². The number of hydrogen-bond acceptors (Lipinski definition) is 5. The molecule has 2 atom stereocenters. The highest BCUT2D eigenvalue weighted by Gasteiger charge is 2.33. The maximum Gasteiger partial charge on any atom is 0.211 e. The van der Waals surface area contributed by atoms with Crippen LogP contribution in [0.3, 0.4) is 0 Å². The molecule has 2 N–H and O–H groups in total. The van der Waals surface area contributed by atoms with Gasteiger partial charge in [0.15, 0.2) is 10.9 Å². The summed E-state index contributed by atoms with van der Waals surface area (Å²) in [5.74, 6) is 0.217. The van der Waals surface area contributed by atoms with Crippen molar-refractivity contribution in [1.29, 1.82) is 0 Å². The van der Waals surface area contributed by atoms with Gasteiger partial charge < -0.3 is 14.7 Å². The number of furan rings is 1. The Morgan fingerprint density at radius 3 is 3.08 bits per heavy atom. The lowest BCUT2D eigenvalue weighted by molar-refractivity contribution is 0.0935. The number of hydrogen-bond donors (Lipinski definition) is 2. The van der Waals surface area contributed by atoms with Gasteiger partial charge in [0.05, 0.1) is 22.5 Å². The van der Waals surface area contributed by atoms with E-state index >= 15 is 0 Å². The van der Waals surface area contributed by atoms with Crippen molar-refractivity contribution in [2.45, 2.75) is 23.2 Å². The Labute approximate surface area is 148 Å². The number of halogens is 1. The number of carbonyl (C=O) groups excluding carboxylic acids is 1. The van der Waals surface area contributed by atoms with E-state index in [0.717, 1.165) is 25.9 Å². The van der Waals surface area contributed by atoms with Crippen molar-refractivity contribution >= 4 is 28.6 Å². The fourth-order valence-electron chi connectivity index (χ4n) is 3.19. The van der Waals surface area contributed by atoms with Crippen LogP contribution in [0, 0.1) is 11.7 Å². The highest BCUT2D eigenvalue weighted by molar-refractivity contribution is 8.00. The number of fused-ring (bicyclic) bond motifs is 1. The number of Topliss-reactive ketones (excluding diaryl/α,β-unsaturated/α-hetero) is 1. The second-order valence-corrected chi connectivity index (χ2v) is 7.32. The third kappa shape index (κ3) is 3.48. The topological polar surface area (TPSA) is 70.9 Å². The molecule has 0 spiro atoms. The quantitative estimate of drug-likeness (QED) is 0.538. The monoisotopic (exact) mass is 359 g/mol. The molecule has 25 heavy (non-hydrogen) atoms. The molecular weight excluding hydrogens is 341 g/mol. The van der Waals surface area contributed by atoms with Gasteiger partial charge in [-0.15, -0.1) is 0 Å². The van der Waals surface area contributed by atoms with E-state index < -0.39 is 0 Å². The van der Waals surface area contributed by atoms with Gasteiger partial charge in [-0.05, 0) is 62.2 Å². The van der Waals surface area contributed by atoms with Crippen LogP contribution in [-0.2, 0) is 0 Å². The summed E-state index contributed by atoms with van der Waals surface area (Å²) in [6.45, 7) is 1.77. The van der Waals surface area contributed by atoms with E-state index in [-0.39, 0.29) is 22.8 Å². The Kier molecular flexibility index (Phi) is 4.59. The van der Waals surface area contributed by atoms with Crippen molar-refractivity contribution in [3.63, 3.8) is 0 Å². The molecule has 0 radical (unpaired) electrons. The molecule has 1 aliphatic heterocycles. The van der Waals surface area contributed by atoms with Gasteiger partial charge in [-0.25, -0.2) is 9.37 Å². The van der Waals surface area contributed by atoms with E-state index in [2.05, 4.69) is 15.3 Å². The SMILES string of the molecule is O=C(c1ccco1)C(Sc1nc2ccc(F)cc2[nH]1)C1CCCNC1. The second kappa shape index (κ2) is 7.01. The minimum atomic E-state index is -0.313. The van der Waals surface area contributed by atoms with Gasteiger partial charge in [0.2, 0.25) is 5.78 Å². The van der Waals surface area contributed by atoms with E-state index in [0.29, 0.717) is 22.0 Å². The third-order valence-corrected chi connectivity index (χ3v) is 5.72. The van der Waals surface area contributed by atoms with Crippen LogP contribution in [0.15, 0.2) is 46.2 Å². The first-order valence-electron chi connectivity index (χ1n) is 8.31. The molecule has 5 nitrogen and oxygen atoms in total. The summed E-state index contributed by atoms with van der Waals surface area (Å²) >= 11 is 1.39. The van der Waals surface area contributed by atoms with Gasteiger partial charge in [-0.1, -0.05) is 11.8 Å². The Balaban J connectivity index is 1.63. The summed E-state index contributed by atoms with van der Waals surface area (Å²) in [7, 11) is 0. The predicted molar refractivity (Wildman–Crippen MR) is 94.3 cm³/mol. The Morgan fingerprint density at radius 2 is 2.32 bits per heavy atom. The van der Waals surface area contributed by atoms with Gasteiger partial charge in [-0.3, -0.25) is 4.79 Å². The molecular formula is C18H18FN3O2S. The number of H-pyrrole nitrogens is 1. The maximum absolute atomic E-state index is 13.4. The molecule has 1 saturated heterocycles. The zero-order valence-corrected chi connectivity index (χ0v) is 14.3. The molecule has 2 unspecified atom stereocenters. The highest BCUT2D eigenvalue weighted by atomic mass is 32.2. The number of rotatable bonds is 5. The summed E-state index contributed by atoms with van der Waals surface area (Å²) in [6, 6.07) is 7.85. The summed E-state index contributed by atoms with van der Waals surface area (Å²) in [5.41, 5.74) is 1.32. The number of nitrogens with zero attached hydrogens (tertiary/aromatic N) is 1. The van der Waals surface area contributed by atoms with Gasteiger partial charge in [0.1, 0.15) is 5.82 Å². The minimum Gasteiger partial charge on any atom is -0.461 e. The number of imidazole rings is 1. The molecule has 1 aliphatic rings. The Hall–Kier alpha value is -2.12. The normalized spacial score (nSPS) is 19.2. The van der Waals surface area contributed by atoms with Crippen molar-refractivity contribution in [3.8, 4) is 0 Å². The molecule has 7 heteroatoms. The standard InChI is InChI=1S/C18H18FN3O2S/c19-12-5-6-13-14(9-12)22-18(21-13)25-17(11-3-1-7-20-10-11)16(23)15-4-2-8-24-15/h2,4-6,8-9,11,17,20H,1,3,7,10H2,(H,21,22). The molecule has 2 aromatic heterocycles. The molecule has 0 saturated carbocycles. The van der Waals surface area contributed by atoms with Crippen LogP contribution < -0.4 is 5.32 Å². The molecule has 1 aromatic carbocycles. The van der Waals surface area contributed by atoms with Crippen LogP contribution in [0.5, 0.6) is 0 Å². The molecule has 1 fully saturated rings. The van der Waals surface area contributed by atoms with Crippen LogP contribution in [0.2, 0.25) is 0 Å². The second-order valence-electron chi connectivity index (χ2n) is 6.19. The smallest absolute Gasteiger partial charge is 0.211 e. The first-order chi connectivity index (χ1) is 12.2. The lowest BCUT2D eigenvalue weighted by Crippen LogP contribution is -2.39. The lowest BCUT2D eigenvalue weighted by Gasteiger charge is -2.28. The number of aromatic nitrogens is 2. The number of aromatic amines is 1. The average molecular weight is 359 g/mol. The van der Waals surface area contributed by atoms with Crippen LogP contribution >= 0.6 is 11.8 Å². The molecule has 0 aliphatic carbocycles. The number of thioether (sulfide) groups is 1. The van der Waals surface area contributed by atoms with Gasteiger partial charge in [-0.2, -0.15) is 0 Å². The van der Waals surface area contributed by atoms with Crippen molar-refractivity contribution in [3.05, 3.63) is 48.2 Å². The number of carbonyl (C=O) groups is 1. The summed E-state index contributed by atoms with van der Waals surface area (Å²) in [6.07, 6.45) is 3.53. The van der Waals surface area contributed by atoms with Crippen molar-refractivity contribution in [2.24, 2.45) is 5.92 Å². The minimum absolute atomic E-state index is 0.0321. The average Bonchev–Trinajstić information content (AvgIpc) is 3.29. The maximum atomic E-state index is 13.4. The predicted octanol–water partition coefficient (Wildman–Crippen LogP) is 3.64. The van der Waals surface area contributed by atoms with E-state index in [1.807, 2.05) is 0 Å². The number of benzene rings is 1. The van der Waals surface area contributed by atoms with E-state index in [1.165, 1.54) is 30.2 Å². The molecule has 3 heterocycles. The van der Waals surface area contributed by atoms with Crippen molar-refractivity contribution < 1.29 is 13.6 Å². The highest BCUT2D eigenvalue weighted by Crippen LogP contribution is 2.33. The van der Waals surface area contributed by atoms with Gasteiger partial charge >= 0.3 is 0 Å². The summed E-state index contributed by atoms with van der Waals surface area (Å²) in [5, 5.41) is 3.68. The summed E-state index contributed by atoms with van der Waals surface area (Å²) < 4.78 is 18.7. The van der Waals surface area contributed by atoms with E-state index in [1.54, 1.807) is 18.2 Å². The Morgan fingerprint density at radius 1 is 1.40 bits per heavy atom. The summed E-state index contributed by atoms with van der Waals surface area (Å²) in [4.78, 5) is 20.5. The van der Waals surface area contributed by atoms with Crippen LogP contribution in [0.4, 0.5) is 4.39 Å². The number of ketones is 1.